The van der Waals surface area contributed by atoms with Gasteiger partial charge in [0.25, 0.3) is 5.91 Å². The van der Waals surface area contributed by atoms with E-state index in [4.69, 9.17) is 0 Å². The lowest BCUT2D eigenvalue weighted by molar-refractivity contribution is 0.0958. The van der Waals surface area contributed by atoms with Crippen molar-refractivity contribution in [1.82, 2.24) is 9.88 Å². The summed E-state index contributed by atoms with van der Waals surface area (Å²) in [5, 5.41) is 0. The van der Waals surface area contributed by atoms with Crippen molar-refractivity contribution in [1.29, 1.82) is 0 Å². The second kappa shape index (κ2) is 9.13. The molecule has 1 saturated heterocycles. The van der Waals surface area contributed by atoms with Gasteiger partial charge in [0.05, 0.1) is 0 Å². The average molecular weight is 407 g/mol. The standard InChI is InChI=1S/C24H23F2N3O/c25-20-5-3-19(4-6-20)24(30)29(22-9-7-21(26)8-10-22)23-11-14-28(15-12-23)17-18-2-1-13-27-16-18/h1-10,13,16,23H,11-12,14-15,17H2. The minimum absolute atomic E-state index is 0.0156. The molecule has 1 aromatic heterocycles. The number of carbonyl (C=O) groups excluding carboxylic acids is 1. The van der Waals surface area contributed by atoms with Crippen LogP contribution in [0.4, 0.5) is 14.5 Å². The lowest BCUT2D eigenvalue weighted by Gasteiger charge is -2.38. The van der Waals surface area contributed by atoms with Gasteiger partial charge < -0.3 is 4.90 Å². The van der Waals surface area contributed by atoms with E-state index in [1.165, 1.54) is 36.4 Å². The number of aromatic nitrogens is 1. The number of carbonyl (C=O) groups is 1. The van der Waals surface area contributed by atoms with E-state index in [9.17, 15) is 13.6 Å². The highest BCUT2D eigenvalue weighted by Gasteiger charge is 2.30. The monoisotopic (exact) mass is 407 g/mol. The Morgan fingerprint density at radius 3 is 2.20 bits per heavy atom. The maximum absolute atomic E-state index is 13.5. The number of pyridine rings is 1. The zero-order valence-electron chi connectivity index (χ0n) is 16.5. The third kappa shape index (κ3) is 4.71. The first-order valence-electron chi connectivity index (χ1n) is 10.1. The fraction of sp³-hybridized carbons (Fsp3) is 0.250. The van der Waals surface area contributed by atoms with E-state index < -0.39 is 0 Å². The molecule has 4 nitrogen and oxygen atoms in total. The second-order valence-corrected chi connectivity index (χ2v) is 7.53. The zero-order chi connectivity index (χ0) is 20.9. The average Bonchev–Trinajstić information content (AvgIpc) is 2.77. The number of likely N-dealkylation sites (tertiary alicyclic amines) is 1. The summed E-state index contributed by atoms with van der Waals surface area (Å²) in [4.78, 5) is 21.5. The van der Waals surface area contributed by atoms with E-state index in [1.807, 2.05) is 12.3 Å². The van der Waals surface area contributed by atoms with Gasteiger partial charge in [0.15, 0.2) is 0 Å². The van der Waals surface area contributed by atoms with Gasteiger partial charge in [0.2, 0.25) is 0 Å². The number of anilines is 1. The number of rotatable bonds is 5. The molecule has 0 unspecified atom stereocenters. The molecule has 0 radical (unpaired) electrons. The fourth-order valence-electron chi connectivity index (χ4n) is 3.91. The molecular formula is C24H23F2N3O. The summed E-state index contributed by atoms with van der Waals surface area (Å²) < 4.78 is 26.8. The van der Waals surface area contributed by atoms with E-state index >= 15 is 0 Å². The summed E-state index contributed by atoms with van der Waals surface area (Å²) in [6.45, 7) is 2.50. The van der Waals surface area contributed by atoms with Crippen molar-refractivity contribution in [3.63, 3.8) is 0 Å². The molecule has 2 aromatic carbocycles. The van der Waals surface area contributed by atoms with Crippen molar-refractivity contribution in [2.24, 2.45) is 0 Å². The summed E-state index contributed by atoms with van der Waals surface area (Å²) in [5.74, 6) is -0.935. The predicted molar refractivity (Wildman–Crippen MR) is 112 cm³/mol. The van der Waals surface area contributed by atoms with Crippen LogP contribution in [0.15, 0.2) is 73.1 Å². The van der Waals surface area contributed by atoms with Gasteiger partial charge in [-0.05, 0) is 73.0 Å². The van der Waals surface area contributed by atoms with Crippen LogP contribution in [-0.2, 0) is 6.54 Å². The van der Waals surface area contributed by atoms with E-state index in [0.29, 0.717) is 11.3 Å². The van der Waals surface area contributed by atoms with E-state index in [0.717, 1.165) is 38.0 Å². The van der Waals surface area contributed by atoms with Crippen LogP contribution in [0.1, 0.15) is 28.8 Å². The van der Waals surface area contributed by atoms with Crippen molar-refractivity contribution >= 4 is 11.6 Å². The van der Waals surface area contributed by atoms with Crippen molar-refractivity contribution in [2.45, 2.75) is 25.4 Å². The minimum Gasteiger partial charge on any atom is -0.305 e. The second-order valence-electron chi connectivity index (χ2n) is 7.53. The molecule has 2 heterocycles. The van der Waals surface area contributed by atoms with Crippen LogP contribution in [0.25, 0.3) is 0 Å². The summed E-state index contributed by atoms with van der Waals surface area (Å²) in [6.07, 6.45) is 5.22. The first kappa shape index (κ1) is 20.2. The Morgan fingerprint density at radius 2 is 1.60 bits per heavy atom. The topological polar surface area (TPSA) is 36.4 Å². The SMILES string of the molecule is O=C(c1ccc(F)cc1)N(c1ccc(F)cc1)C1CCN(Cc2cccnc2)CC1. The van der Waals surface area contributed by atoms with Crippen LogP contribution < -0.4 is 4.90 Å². The molecule has 1 amide bonds. The molecule has 30 heavy (non-hydrogen) atoms. The Bertz CT molecular complexity index is 970. The van der Waals surface area contributed by atoms with E-state index in [1.54, 1.807) is 23.2 Å². The number of amides is 1. The summed E-state index contributed by atoms with van der Waals surface area (Å²) in [7, 11) is 0. The van der Waals surface area contributed by atoms with Gasteiger partial charge in [-0.1, -0.05) is 6.07 Å². The quantitative estimate of drug-likeness (QED) is 0.617. The molecule has 0 N–H and O–H groups in total. The van der Waals surface area contributed by atoms with E-state index in [2.05, 4.69) is 16.0 Å². The van der Waals surface area contributed by atoms with Gasteiger partial charge in [0.1, 0.15) is 11.6 Å². The molecule has 3 aromatic rings. The van der Waals surface area contributed by atoms with Crippen LogP contribution in [0.3, 0.4) is 0 Å². The molecule has 0 spiro atoms. The molecule has 0 bridgehead atoms. The third-order valence-electron chi connectivity index (χ3n) is 5.47. The molecule has 1 fully saturated rings. The van der Waals surface area contributed by atoms with Crippen molar-refractivity contribution < 1.29 is 13.6 Å². The van der Waals surface area contributed by atoms with Gasteiger partial charge >= 0.3 is 0 Å². The first-order valence-corrected chi connectivity index (χ1v) is 10.1. The lowest BCUT2D eigenvalue weighted by atomic mass is 10.00. The molecule has 0 atom stereocenters. The number of hydrogen-bond acceptors (Lipinski definition) is 3. The highest BCUT2D eigenvalue weighted by molar-refractivity contribution is 6.06. The van der Waals surface area contributed by atoms with Crippen LogP contribution in [-0.4, -0.2) is 34.9 Å². The predicted octanol–water partition coefficient (Wildman–Crippen LogP) is 4.67. The first-order chi connectivity index (χ1) is 14.6. The molecular weight excluding hydrogens is 384 g/mol. The Labute approximate surface area is 174 Å². The fourth-order valence-corrected chi connectivity index (χ4v) is 3.91. The Morgan fingerprint density at radius 1 is 0.967 bits per heavy atom. The smallest absolute Gasteiger partial charge is 0.258 e. The maximum atomic E-state index is 13.5. The maximum Gasteiger partial charge on any atom is 0.258 e. The van der Waals surface area contributed by atoms with Gasteiger partial charge in [0, 0.05) is 49.3 Å². The Kier molecular flexibility index (Phi) is 6.14. The highest BCUT2D eigenvalue weighted by atomic mass is 19.1. The highest BCUT2D eigenvalue weighted by Crippen LogP contribution is 2.27. The third-order valence-corrected chi connectivity index (χ3v) is 5.47. The summed E-state index contributed by atoms with van der Waals surface area (Å²) in [5.41, 5.74) is 2.23. The van der Waals surface area contributed by atoms with Crippen LogP contribution in [0.2, 0.25) is 0 Å². The molecule has 4 rings (SSSR count). The van der Waals surface area contributed by atoms with Gasteiger partial charge in [-0.15, -0.1) is 0 Å². The molecule has 154 valence electrons. The molecule has 0 saturated carbocycles. The minimum atomic E-state index is -0.386. The number of hydrogen-bond donors (Lipinski definition) is 0. The van der Waals surface area contributed by atoms with E-state index in [-0.39, 0.29) is 23.6 Å². The molecule has 6 heteroatoms. The van der Waals surface area contributed by atoms with Crippen molar-refractivity contribution in [3.05, 3.63) is 95.8 Å². The lowest BCUT2D eigenvalue weighted by Crippen LogP contribution is -2.47. The Hall–Kier alpha value is -3.12. The molecule has 1 aliphatic heterocycles. The number of benzene rings is 2. The van der Waals surface area contributed by atoms with Crippen LogP contribution in [0.5, 0.6) is 0 Å². The number of piperidine rings is 1. The summed E-state index contributed by atoms with van der Waals surface area (Å²) in [6, 6.07) is 15.5. The largest absolute Gasteiger partial charge is 0.305 e. The molecule has 1 aliphatic rings. The number of halogens is 2. The van der Waals surface area contributed by atoms with Gasteiger partial charge in [-0.3, -0.25) is 14.7 Å². The zero-order valence-corrected chi connectivity index (χ0v) is 16.5. The van der Waals surface area contributed by atoms with Gasteiger partial charge in [-0.25, -0.2) is 8.78 Å². The van der Waals surface area contributed by atoms with Crippen molar-refractivity contribution in [3.8, 4) is 0 Å². The Balaban J connectivity index is 1.52. The number of nitrogens with zero attached hydrogens (tertiary/aromatic N) is 3. The van der Waals surface area contributed by atoms with Crippen LogP contribution >= 0.6 is 0 Å². The summed E-state index contributed by atoms with van der Waals surface area (Å²) >= 11 is 0. The van der Waals surface area contributed by atoms with Crippen LogP contribution in [0, 0.1) is 11.6 Å². The normalized spacial score (nSPS) is 15.1. The molecule has 0 aliphatic carbocycles. The van der Waals surface area contributed by atoms with Gasteiger partial charge in [-0.2, -0.15) is 0 Å². The van der Waals surface area contributed by atoms with Crippen molar-refractivity contribution in [2.75, 3.05) is 18.0 Å².